The fourth-order valence-corrected chi connectivity index (χ4v) is 4.46. The molecule has 0 saturated carbocycles. The number of carbonyl (C=O) groups is 1. The molecule has 1 saturated heterocycles. The van der Waals surface area contributed by atoms with Crippen LogP contribution in [-0.2, 0) is 14.8 Å². The Labute approximate surface area is 149 Å². The van der Waals surface area contributed by atoms with Crippen molar-refractivity contribution in [3.63, 3.8) is 0 Å². The Balaban J connectivity index is 2.04. The minimum absolute atomic E-state index is 0.0278. The number of halogens is 1. The molecule has 0 radical (unpaired) electrons. The molecule has 0 N–H and O–H groups in total. The van der Waals surface area contributed by atoms with Crippen molar-refractivity contribution in [2.45, 2.75) is 17.1 Å². The first-order valence-electron chi connectivity index (χ1n) is 7.05. The second-order valence-electron chi connectivity index (χ2n) is 5.07. The summed E-state index contributed by atoms with van der Waals surface area (Å²) in [6.45, 7) is 1.72. The molecule has 0 aromatic heterocycles. The molecular weight excluding hydrogens is 368 g/mol. The molecule has 1 heterocycles. The van der Waals surface area contributed by atoms with E-state index < -0.39 is 15.3 Å². The molecule has 1 aliphatic rings. The van der Waals surface area contributed by atoms with Crippen LogP contribution in [0.15, 0.2) is 63.9 Å². The summed E-state index contributed by atoms with van der Waals surface area (Å²) >= 11 is 6.91. The van der Waals surface area contributed by atoms with Crippen LogP contribution in [0.5, 0.6) is 0 Å². The predicted molar refractivity (Wildman–Crippen MR) is 97.1 cm³/mol. The van der Waals surface area contributed by atoms with Crippen LogP contribution in [0.2, 0.25) is 5.02 Å². The predicted octanol–water partition coefficient (Wildman–Crippen LogP) is 3.55. The number of thioether (sulfide) groups is 1. The third-order valence-corrected chi connectivity index (χ3v) is 6.05. The number of para-hydroxylation sites is 1. The second-order valence-corrected chi connectivity index (χ2v) is 8.42. The summed E-state index contributed by atoms with van der Waals surface area (Å²) < 4.78 is 28.9. The maximum absolute atomic E-state index is 12.5. The third-order valence-electron chi connectivity index (χ3n) is 3.37. The zero-order valence-corrected chi connectivity index (χ0v) is 15.0. The van der Waals surface area contributed by atoms with Crippen molar-refractivity contribution >= 4 is 50.1 Å². The van der Waals surface area contributed by atoms with Gasteiger partial charge in [-0.3, -0.25) is 9.69 Å². The summed E-state index contributed by atoms with van der Waals surface area (Å²) in [6.07, 6.45) is 0. The average Bonchev–Trinajstić information content (AvgIpc) is 2.82. The van der Waals surface area contributed by atoms with E-state index in [9.17, 15) is 13.2 Å². The molecule has 24 heavy (non-hydrogen) atoms. The number of sulfonamides is 1. The van der Waals surface area contributed by atoms with Crippen LogP contribution in [0.4, 0.5) is 5.69 Å². The summed E-state index contributed by atoms with van der Waals surface area (Å²) in [5.74, 6) is -0.198. The minimum Gasteiger partial charge on any atom is -0.273 e. The molecule has 1 aliphatic heterocycles. The summed E-state index contributed by atoms with van der Waals surface area (Å²) in [7, 11) is -3.93. The maximum atomic E-state index is 12.5. The molecule has 0 unspecified atom stereocenters. The average molecular weight is 381 g/mol. The van der Waals surface area contributed by atoms with Gasteiger partial charge < -0.3 is 0 Å². The van der Waals surface area contributed by atoms with Crippen LogP contribution in [0, 0.1) is 0 Å². The van der Waals surface area contributed by atoms with Crippen LogP contribution in [0.3, 0.4) is 0 Å². The molecule has 1 amide bonds. The van der Waals surface area contributed by atoms with Gasteiger partial charge in [0.2, 0.25) is 5.91 Å². The number of rotatable bonds is 3. The van der Waals surface area contributed by atoms with Crippen LogP contribution in [-0.4, -0.2) is 24.7 Å². The van der Waals surface area contributed by atoms with Gasteiger partial charge in [-0.15, -0.1) is 4.40 Å². The first-order chi connectivity index (χ1) is 11.4. The van der Waals surface area contributed by atoms with E-state index in [1.54, 1.807) is 31.2 Å². The Hall–Kier alpha value is -1.83. The summed E-state index contributed by atoms with van der Waals surface area (Å²) in [6, 6.07) is 14.6. The van der Waals surface area contributed by atoms with E-state index in [4.69, 9.17) is 11.6 Å². The normalized spacial score (nSPS) is 19.9. The van der Waals surface area contributed by atoms with E-state index in [-0.39, 0.29) is 16.0 Å². The summed E-state index contributed by atoms with van der Waals surface area (Å²) in [5, 5.41) is 0.185. The number of amidine groups is 1. The maximum Gasteiger partial charge on any atom is 0.284 e. The number of hydrogen-bond acceptors (Lipinski definition) is 4. The number of nitrogens with zero attached hydrogens (tertiary/aromatic N) is 2. The Morgan fingerprint density at radius 3 is 2.33 bits per heavy atom. The van der Waals surface area contributed by atoms with Crippen molar-refractivity contribution in [2.24, 2.45) is 4.40 Å². The van der Waals surface area contributed by atoms with Gasteiger partial charge in [0.05, 0.1) is 15.8 Å². The van der Waals surface area contributed by atoms with Crippen LogP contribution >= 0.6 is 23.4 Å². The Bertz CT molecular complexity index is 897. The molecule has 0 aliphatic carbocycles. The van der Waals surface area contributed by atoms with Gasteiger partial charge in [0.15, 0.2) is 5.17 Å². The topological polar surface area (TPSA) is 66.8 Å². The van der Waals surface area contributed by atoms with Gasteiger partial charge in [-0.05, 0) is 43.3 Å². The molecular formula is C16H13ClN2O3S2. The molecule has 2 aromatic carbocycles. The molecule has 1 atom stereocenters. The van der Waals surface area contributed by atoms with E-state index in [1.165, 1.54) is 29.2 Å². The second kappa shape index (κ2) is 6.58. The van der Waals surface area contributed by atoms with E-state index in [0.29, 0.717) is 10.7 Å². The van der Waals surface area contributed by atoms with Crippen molar-refractivity contribution in [1.82, 2.24) is 0 Å². The fraction of sp³-hybridized carbons (Fsp3) is 0.125. The number of anilines is 1. The molecule has 8 heteroatoms. The Kier molecular flexibility index (Phi) is 4.67. The Morgan fingerprint density at radius 2 is 1.71 bits per heavy atom. The monoisotopic (exact) mass is 380 g/mol. The molecule has 1 fully saturated rings. The summed E-state index contributed by atoms with van der Waals surface area (Å²) in [4.78, 5) is 13.8. The standard InChI is InChI=1S/C16H13ClN2O3S2/c1-11-15(20)19(13-5-3-2-4-6-13)16(23-11)18-24(21,22)14-9-7-12(17)8-10-14/h2-11H,1H3/t11-/m0/s1. The van der Waals surface area contributed by atoms with Gasteiger partial charge in [-0.2, -0.15) is 8.42 Å². The number of carbonyl (C=O) groups excluding carboxylic acids is 1. The first kappa shape index (κ1) is 17.0. The van der Waals surface area contributed by atoms with Gasteiger partial charge in [-0.1, -0.05) is 41.6 Å². The summed E-state index contributed by atoms with van der Waals surface area (Å²) in [5.41, 5.74) is 0.587. The fourth-order valence-electron chi connectivity index (χ4n) is 2.18. The van der Waals surface area contributed by atoms with Gasteiger partial charge in [0.25, 0.3) is 10.0 Å². The molecule has 2 aromatic rings. The Morgan fingerprint density at radius 1 is 1.08 bits per heavy atom. The van der Waals surface area contributed by atoms with Crippen molar-refractivity contribution in [3.05, 3.63) is 59.6 Å². The highest BCUT2D eigenvalue weighted by molar-refractivity contribution is 8.16. The third kappa shape index (κ3) is 3.33. The number of amides is 1. The SMILES string of the molecule is C[C@@H]1SC(=NS(=O)(=O)c2ccc(Cl)cc2)N(c2ccccc2)C1=O. The zero-order valence-electron chi connectivity index (χ0n) is 12.6. The lowest BCUT2D eigenvalue weighted by molar-refractivity contribution is -0.116. The van der Waals surface area contributed by atoms with E-state index in [2.05, 4.69) is 4.40 Å². The van der Waals surface area contributed by atoms with Gasteiger partial charge >= 0.3 is 0 Å². The van der Waals surface area contributed by atoms with Gasteiger partial charge in [0, 0.05) is 5.02 Å². The van der Waals surface area contributed by atoms with Crippen LogP contribution in [0.25, 0.3) is 0 Å². The van der Waals surface area contributed by atoms with Crippen LogP contribution in [0.1, 0.15) is 6.92 Å². The highest BCUT2D eigenvalue weighted by Crippen LogP contribution is 2.32. The van der Waals surface area contributed by atoms with Crippen molar-refractivity contribution in [1.29, 1.82) is 0 Å². The molecule has 124 valence electrons. The zero-order chi connectivity index (χ0) is 17.3. The molecule has 5 nitrogen and oxygen atoms in total. The molecule has 0 bridgehead atoms. The lowest BCUT2D eigenvalue weighted by atomic mass is 10.3. The number of benzene rings is 2. The van der Waals surface area contributed by atoms with Gasteiger partial charge in [0.1, 0.15) is 0 Å². The number of hydrogen-bond donors (Lipinski definition) is 0. The molecule has 0 spiro atoms. The van der Waals surface area contributed by atoms with E-state index in [1.807, 2.05) is 6.07 Å². The van der Waals surface area contributed by atoms with Crippen molar-refractivity contribution in [3.8, 4) is 0 Å². The first-order valence-corrected chi connectivity index (χ1v) is 9.74. The quantitative estimate of drug-likeness (QED) is 0.816. The smallest absolute Gasteiger partial charge is 0.273 e. The lowest BCUT2D eigenvalue weighted by Crippen LogP contribution is -2.31. The van der Waals surface area contributed by atoms with Crippen molar-refractivity contribution < 1.29 is 13.2 Å². The van der Waals surface area contributed by atoms with Gasteiger partial charge in [-0.25, -0.2) is 0 Å². The van der Waals surface area contributed by atoms with E-state index in [0.717, 1.165) is 11.8 Å². The highest BCUT2D eigenvalue weighted by Gasteiger charge is 2.37. The molecule has 3 rings (SSSR count). The highest BCUT2D eigenvalue weighted by atomic mass is 35.5. The van der Waals surface area contributed by atoms with Crippen LogP contribution < -0.4 is 4.90 Å². The minimum atomic E-state index is -3.93. The van der Waals surface area contributed by atoms with E-state index >= 15 is 0 Å². The largest absolute Gasteiger partial charge is 0.284 e. The van der Waals surface area contributed by atoms with Crippen molar-refractivity contribution in [2.75, 3.05) is 4.90 Å². The lowest BCUT2D eigenvalue weighted by Gasteiger charge is -2.15.